The van der Waals surface area contributed by atoms with Crippen LogP contribution in [0.1, 0.15) is 10.5 Å². The van der Waals surface area contributed by atoms with Crippen LogP contribution >= 0.6 is 0 Å². The summed E-state index contributed by atoms with van der Waals surface area (Å²) < 4.78 is 46.1. The van der Waals surface area contributed by atoms with Crippen molar-refractivity contribution in [3.63, 3.8) is 0 Å². The molecule has 1 fully saturated rings. The van der Waals surface area contributed by atoms with Gasteiger partial charge in [0, 0.05) is 12.6 Å². The van der Waals surface area contributed by atoms with Gasteiger partial charge in [-0.1, -0.05) is 0 Å². The van der Waals surface area contributed by atoms with E-state index >= 15 is 0 Å². The molecule has 0 unspecified atom stereocenters. The first-order chi connectivity index (χ1) is 14.7. The summed E-state index contributed by atoms with van der Waals surface area (Å²) in [5, 5.41) is 2.79. The monoisotopic (exact) mass is 440 g/mol. The molecular weight excluding hydrogens is 421 g/mol. The Morgan fingerprint density at radius 3 is 2.45 bits per heavy atom. The highest BCUT2D eigenvalue weighted by molar-refractivity contribution is 5.92. The summed E-state index contributed by atoms with van der Waals surface area (Å²) in [5.74, 6) is -0.334. The van der Waals surface area contributed by atoms with Gasteiger partial charge in [0.05, 0.1) is 19.1 Å². The molecule has 1 aliphatic heterocycles. The van der Waals surface area contributed by atoms with Crippen LogP contribution in [-0.4, -0.2) is 60.3 Å². The van der Waals surface area contributed by atoms with Crippen LogP contribution in [0.5, 0.6) is 11.5 Å². The maximum Gasteiger partial charge on any atom is 0.573 e. The van der Waals surface area contributed by atoms with E-state index in [1.165, 1.54) is 18.2 Å². The van der Waals surface area contributed by atoms with E-state index in [1.807, 2.05) is 0 Å². The van der Waals surface area contributed by atoms with Crippen LogP contribution in [0.15, 0.2) is 30.3 Å². The number of halogens is 3. The second kappa shape index (κ2) is 9.04. The molecule has 0 bridgehead atoms. The minimum atomic E-state index is -4.76. The van der Waals surface area contributed by atoms with Gasteiger partial charge < -0.3 is 36.0 Å². The highest BCUT2D eigenvalue weighted by Gasteiger charge is 2.32. The molecule has 1 aromatic heterocycles. The van der Waals surface area contributed by atoms with Gasteiger partial charge in [-0.15, -0.1) is 13.2 Å². The van der Waals surface area contributed by atoms with Crippen molar-refractivity contribution in [2.45, 2.75) is 18.5 Å². The third-order valence-corrected chi connectivity index (χ3v) is 4.21. The zero-order valence-electron chi connectivity index (χ0n) is 16.0. The molecule has 1 amide bonds. The maximum atomic E-state index is 12.2. The fraction of sp³-hybridized carbons (Fsp3) is 0.333. The number of hydrogen-bond donors (Lipinski definition) is 3. The standard InChI is InChI=1S/C18H19F3N6O4/c19-18(20,21)31-12-3-1-11(2-4-12)30-13-7-27(8-13)17-25-14(16(23)29)5-15(26-17)24-10(6-22)9-28/h1-5,9-10,13H,6-8,22H2,(H2,23,29)(H,24,25,26)/t10-/m0/s1. The summed E-state index contributed by atoms with van der Waals surface area (Å²) in [6, 6.07) is 5.65. The summed E-state index contributed by atoms with van der Waals surface area (Å²) in [7, 11) is 0. The lowest BCUT2D eigenvalue weighted by molar-refractivity contribution is -0.274. The van der Waals surface area contributed by atoms with Crippen molar-refractivity contribution in [1.29, 1.82) is 0 Å². The number of alkyl halides is 3. The summed E-state index contributed by atoms with van der Waals surface area (Å²) in [6.45, 7) is 0.744. The van der Waals surface area contributed by atoms with E-state index in [2.05, 4.69) is 20.0 Å². The SMILES string of the molecule is NC[C@@H](C=O)Nc1cc(C(N)=O)nc(N2CC(Oc3ccc(OC(F)(F)F)cc3)C2)n1. The molecule has 2 aromatic rings. The minimum Gasteiger partial charge on any atom is -0.487 e. The second-order valence-corrected chi connectivity index (χ2v) is 6.59. The van der Waals surface area contributed by atoms with Crippen LogP contribution in [0.25, 0.3) is 0 Å². The minimum absolute atomic E-state index is 0.0289. The van der Waals surface area contributed by atoms with Crippen molar-refractivity contribution in [3.8, 4) is 11.5 Å². The predicted octanol–water partition coefficient (Wildman–Crippen LogP) is 0.680. The Balaban J connectivity index is 1.62. The van der Waals surface area contributed by atoms with Gasteiger partial charge in [0.15, 0.2) is 0 Å². The number of primary amides is 1. The van der Waals surface area contributed by atoms with Gasteiger partial charge in [-0.25, -0.2) is 4.98 Å². The largest absolute Gasteiger partial charge is 0.573 e. The van der Waals surface area contributed by atoms with Gasteiger partial charge in [-0.05, 0) is 24.3 Å². The molecule has 1 atom stereocenters. The van der Waals surface area contributed by atoms with Crippen molar-refractivity contribution in [2.24, 2.45) is 11.5 Å². The van der Waals surface area contributed by atoms with Gasteiger partial charge >= 0.3 is 6.36 Å². The average Bonchev–Trinajstić information content (AvgIpc) is 2.68. The number of nitrogens with one attached hydrogen (secondary N) is 1. The van der Waals surface area contributed by atoms with Crippen LogP contribution in [-0.2, 0) is 4.79 Å². The Morgan fingerprint density at radius 1 is 1.26 bits per heavy atom. The van der Waals surface area contributed by atoms with E-state index in [0.29, 0.717) is 25.1 Å². The summed E-state index contributed by atoms with van der Waals surface area (Å²) in [6.07, 6.45) is -4.43. The lowest BCUT2D eigenvalue weighted by atomic mass is 10.2. The molecule has 1 aromatic carbocycles. The average molecular weight is 440 g/mol. The molecule has 0 spiro atoms. The summed E-state index contributed by atoms with van der Waals surface area (Å²) >= 11 is 0. The Hall–Kier alpha value is -3.61. The predicted molar refractivity (Wildman–Crippen MR) is 103 cm³/mol. The maximum absolute atomic E-state index is 12.2. The third-order valence-electron chi connectivity index (χ3n) is 4.21. The van der Waals surface area contributed by atoms with E-state index in [1.54, 1.807) is 4.90 Å². The van der Waals surface area contributed by atoms with E-state index in [9.17, 15) is 22.8 Å². The van der Waals surface area contributed by atoms with Crippen LogP contribution in [0.2, 0.25) is 0 Å². The van der Waals surface area contributed by atoms with Crippen molar-refractivity contribution >= 4 is 24.0 Å². The molecule has 5 N–H and O–H groups in total. The molecule has 31 heavy (non-hydrogen) atoms. The van der Waals surface area contributed by atoms with Crippen LogP contribution in [0.4, 0.5) is 24.9 Å². The summed E-state index contributed by atoms with van der Waals surface area (Å²) in [4.78, 5) is 32.6. The molecule has 2 heterocycles. The number of hydrogen-bond acceptors (Lipinski definition) is 9. The van der Waals surface area contributed by atoms with Gasteiger partial charge in [-0.3, -0.25) is 4.79 Å². The van der Waals surface area contributed by atoms with Crippen molar-refractivity contribution < 1.29 is 32.2 Å². The zero-order valence-corrected chi connectivity index (χ0v) is 16.0. The van der Waals surface area contributed by atoms with Crippen molar-refractivity contribution in [1.82, 2.24) is 9.97 Å². The van der Waals surface area contributed by atoms with Gasteiger partial charge in [-0.2, -0.15) is 4.98 Å². The number of aromatic nitrogens is 2. The fourth-order valence-corrected chi connectivity index (χ4v) is 2.70. The first-order valence-corrected chi connectivity index (χ1v) is 9.05. The molecule has 1 aliphatic rings. The molecular formula is C18H19F3N6O4. The topological polar surface area (TPSA) is 146 Å². The fourth-order valence-electron chi connectivity index (χ4n) is 2.70. The van der Waals surface area contributed by atoms with Crippen LogP contribution in [0, 0.1) is 0 Å². The normalized spacial score (nSPS) is 15.0. The van der Waals surface area contributed by atoms with Gasteiger partial charge in [0.25, 0.3) is 5.91 Å². The van der Waals surface area contributed by atoms with Gasteiger partial charge in [0.1, 0.15) is 35.4 Å². The summed E-state index contributed by atoms with van der Waals surface area (Å²) in [5.41, 5.74) is 10.7. The number of amides is 1. The highest BCUT2D eigenvalue weighted by Crippen LogP contribution is 2.27. The molecule has 166 valence electrons. The van der Waals surface area contributed by atoms with Gasteiger partial charge in [0.2, 0.25) is 5.95 Å². The number of nitrogens with two attached hydrogens (primary N) is 2. The molecule has 1 saturated heterocycles. The molecule has 10 nitrogen and oxygen atoms in total. The number of anilines is 2. The Labute approximate surface area is 174 Å². The number of aldehydes is 1. The van der Waals surface area contributed by atoms with E-state index in [-0.39, 0.29) is 35.9 Å². The van der Waals surface area contributed by atoms with Crippen LogP contribution < -0.4 is 31.2 Å². The van der Waals surface area contributed by atoms with Crippen molar-refractivity contribution in [3.05, 3.63) is 36.0 Å². The first-order valence-electron chi connectivity index (χ1n) is 9.05. The zero-order chi connectivity index (χ0) is 22.6. The molecule has 0 saturated carbocycles. The quantitative estimate of drug-likeness (QED) is 0.479. The van der Waals surface area contributed by atoms with E-state index in [4.69, 9.17) is 16.2 Å². The molecule has 13 heteroatoms. The Kier molecular flexibility index (Phi) is 6.44. The highest BCUT2D eigenvalue weighted by atomic mass is 19.4. The number of rotatable bonds is 9. The molecule has 0 radical (unpaired) electrons. The van der Waals surface area contributed by atoms with E-state index in [0.717, 1.165) is 12.1 Å². The van der Waals surface area contributed by atoms with Crippen LogP contribution in [0.3, 0.4) is 0 Å². The molecule has 0 aliphatic carbocycles. The number of benzene rings is 1. The Bertz CT molecular complexity index is 935. The number of carbonyl (C=O) groups excluding carboxylic acids is 2. The third kappa shape index (κ3) is 5.94. The molecule has 3 rings (SSSR count). The number of carbonyl (C=O) groups is 2. The first kappa shape index (κ1) is 22.1. The lowest BCUT2D eigenvalue weighted by Crippen LogP contribution is -2.54. The second-order valence-electron chi connectivity index (χ2n) is 6.59. The lowest BCUT2D eigenvalue weighted by Gasteiger charge is -2.39. The van der Waals surface area contributed by atoms with Crippen molar-refractivity contribution in [2.75, 3.05) is 29.9 Å². The smallest absolute Gasteiger partial charge is 0.487 e. The number of nitrogens with zero attached hydrogens (tertiary/aromatic N) is 3. The Morgan fingerprint density at radius 2 is 1.90 bits per heavy atom. The number of ether oxygens (including phenoxy) is 2. The van der Waals surface area contributed by atoms with E-state index < -0.39 is 18.3 Å².